The predicted octanol–water partition coefficient (Wildman–Crippen LogP) is 1.68. The lowest BCUT2D eigenvalue weighted by Gasteiger charge is -2.28. The zero-order valence-corrected chi connectivity index (χ0v) is 16.1. The van der Waals surface area contributed by atoms with Crippen molar-refractivity contribution in [1.29, 1.82) is 0 Å². The SMILES string of the molecule is CCOC(CCN(C)C)CNC(=O)C1C2CCC(C2)C1N.Cl.Cl. The molecule has 2 aliphatic rings. The van der Waals surface area contributed by atoms with Gasteiger partial charge in [0.2, 0.25) is 5.91 Å². The maximum absolute atomic E-state index is 12.4. The maximum Gasteiger partial charge on any atom is 0.225 e. The molecule has 0 aromatic rings. The van der Waals surface area contributed by atoms with E-state index in [0.29, 0.717) is 25.0 Å². The van der Waals surface area contributed by atoms with Gasteiger partial charge in [-0.25, -0.2) is 0 Å². The van der Waals surface area contributed by atoms with E-state index in [9.17, 15) is 4.79 Å². The fourth-order valence-electron chi connectivity index (χ4n) is 3.94. The van der Waals surface area contributed by atoms with Gasteiger partial charge in [-0.1, -0.05) is 0 Å². The normalized spacial score (nSPS) is 29.8. The second-order valence-electron chi connectivity index (χ2n) is 6.85. The Hall–Kier alpha value is -0.0700. The number of fused-ring (bicyclic) bond motifs is 2. The Morgan fingerprint density at radius 1 is 1.30 bits per heavy atom. The van der Waals surface area contributed by atoms with Crippen LogP contribution in [-0.4, -0.2) is 56.7 Å². The Kier molecular flexibility index (Phi) is 10.7. The zero-order chi connectivity index (χ0) is 15.4. The summed E-state index contributed by atoms with van der Waals surface area (Å²) in [5, 5.41) is 3.09. The smallest absolute Gasteiger partial charge is 0.225 e. The van der Waals surface area contributed by atoms with Crippen LogP contribution in [0.2, 0.25) is 0 Å². The lowest BCUT2D eigenvalue weighted by Crippen LogP contribution is -2.47. The highest BCUT2D eigenvalue weighted by Gasteiger charge is 2.48. The van der Waals surface area contributed by atoms with Crippen LogP contribution in [0.1, 0.15) is 32.6 Å². The minimum atomic E-state index is 0. The number of carbonyl (C=O) groups excluding carboxylic acids is 1. The number of nitrogens with one attached hydrogen (secondary N) is 1. The number of ether oxygens (including phenoxy) is 1. The zero-order valence-electron chi connectivity index (χ0n) is 14.5. The topological polar surface area (TPSA) is 67.6 Å². The number of nitrogens with two attached hydrogens (primary N) is 1. The van der Waals surface area contributed by atoms with Gasteiger partial charge < -0.3 is 20.7 Å². The first-order valence-electron chi connectivity index (χ1n) is 8.32. The monoisotopic (exact) mass is 369 g/mol. The van der Waals surface area contributed by atoms with Gasteiger partial charge in [-0.3, -0.25) is 4.79 Å². The highest BCUT2D eigenvalue weighted by molar-refractivity contribution is 5.85. The summed E-state index contributed by atoms with van der Waals surface area (Å²) in [5.74, 6) is 1.25. The molecule has 2 bridgehead atoms. The van der Waals surface area contributed by atoms with Crippen molar-refractivity contribution in [2.75, 3.05) is 33.8 Å². The third kappa shape index (κ3) is 6.05. The average molecular weight is 370 g/mol. The van der Waals surface area contributed by atoms with Crippen molar-refractivity contribution in [3.8, 4) is 0 Å². The second-order valence-corrected chi connectivity index (χ2v) is 6.85. The fourth-order valence-corrected chi connectivity index (χ4v) is 3.94. The molecule has 0 saturated heterocycles. The van der Waals surface area contributed by atoms with Gasteiger partial charge in [-0.2, -0.15) is 0 Å². The summed E-state index contributed by atoms with van der Waals surface area (Å²) in [6, 6.07) is 0.0658. The molecule has 2 aliphatic carbocycles. The Morgan fingerprint density at radius 2 is 1.96 bits per heavy atom. The van der Waals surface area contributed by atoms with E-state index in [1.54, 1.807) is 0 Å². The highest BCUT2D eigenvalue weighted by atomic mass is 35.5. The van der Waals surface area contributed by atoms with Crippen LogP contribution in [0.15, 0.2) is 0 Å². The van der Waals surface area contributed by atoms with Gasteiger partial charge in [0.15, 0.2) is 0 Å². The van der Waals surface area contributed by atoms with Crippen molar-refractivity contribution in [2.24, 2.45) is 23.5 Å². The van der Waals surface area contributed by atoms with E-state index in [1.165, 1.54) is 12.8 Å². The lowest BCUT2D eigenvalue weighted by molar-refractivity contribution is -0.127. The molecule has 0 aromatic heterocycles. The summed E-state index contributed by atoms with van der Waals surface area (Å²) in [7, 11) is 4.10. The van der Waals surface area contributed by atoms with Crippen LogP contribution in [0.4, 0.5) is 0 Å². The second kappa shape index (κ2) is 10.7. The highest BCUT2D eigenvalue weighted by Crippen LogP contribution is 2.47. The minimum Gasteiger partial charge on any atom is -0.377 e. The van der Waals surface area contributed by atoms with Gasteiger partial charge in [0, 0.05) is 25.7 Å². The van der Waals surface area contributed by atoms with E-state index < -0.39 is 0 Å². The molecule has 2 fully saturated rings. The first-order valence-corrected chi connectivity index (χ1v) is 8.32. The molecule has 23 heavy (non-hydrogen) atoms. The number of hydrogen-bond acceptors (Lipinski definition) is 4. The molecule has 2 rings (SSSR count). The molecule has 5 nitrogen and oxygen atoms in total. The van der Waals surface area contributed by atoms with Crippen molar-refractivity contribution < 1.29 is 9.53 Å². The van der Waals surface area contributed by atoms with Gasteiger partial charge in [-0.15, -0.1) is 24.8 Å². The van der Waals surface area contributed by atoms with E-state index in [2.05, 4.69) is 24.3 Å². The average Bonchev–Trinajstić information content (AvgIpc) is 3.02. The number of carbonyl (C=O) groups is 1. The van der Waals surface area contributed by atoms with E-state index >= 15 is 0 Å². The molecule has 0 aromatic carbocycles. The van der Waals surface area contributed by atoms with E-state index in [1.807, 2.05) is 6.92 Å². The molecule has 0 radical (unpaired) electrons. The molecule has 5 atom stereocenters. The van der Waals surface area contributed by atoms with Crippen LogP contribution in [0.5, 0.6) is 0 Å². The Morgan fingerprint density at radius 3 is 2.48 bits per heavy atom. The quantitative estimate of drug-likeness (QED) is 0.682. The van der Waals surface area contributed by atoms with E-state index in [4.69, 9.17) is 10.5 Å². The summed E-state index contributed by atoms with van der Waals surface area (Å²) < 4.78 is 5.72. The van der Waals surface area contributed by atoms with E-state index in [0.717, 1.165) is 19.4 Å². The molecular weight excluding hydrogens is 337 g/mol. The summed E-state index contributed by atoms with van der Waals surface area (Å²) >= 11 is 0. The molecule has 7 heteroatoms. The summed E-state index contributed by atoms with van der Waals surface area (Å²) in [6.45, 7) is 4.24. The third-order valence-corrected chi connectivity index (χ3v) is 5.09. The van der Waals surface area contributed by atoms with Gasteiger partial charge in [-0.05, 0) is 58.5 Å². The molecule has 0 aliphatic heterocycles. The fraction of sp³-hybridized carbons (Fsp3) is 0.938. The van der Waals surface area contributed by atoms with Crippen molar-refractivity contribution in [3.05, 3.63) is 0 Å². The number of hydrogen-bond donors (Lipinski definition) is 2. The molecule has 2 saturated carbocycles. The van der Waals surface area contributed by atoms with Gasteiger partial charge >= 0.3 is 0 Å². The molecule has 0 spiro atoms. The molecule has 138 valence electrons. The van der Waals surface area contributed by atoms with Crippen molar-refractivity contribution in [2.45, 2.75) is 44.8 Å². The molecule has 3 N–H and O–H groups in total. The standard InChI is InChI=1S/C16H31N3O2.2ClH/c1-4-21-13(7-8-19(2)3)10-18-16(20)14-11-5-6-12(9-11)15(14)17;;/h11-15H,4-10,17H2,1-3H3,(H,18,20);2*1H. The molecule has 5 unspecified atom stereocenters. The molecule has 1 amide bonds. The van der Waals surface area contributed by atoms with Crippen molar-refractivity contribution in [1.82, 2.24) is 10.2 Å². The summed E-state index contributed by atoms with van der Waals surface area (Å²) in [5.41, 5.74) is 6.23. The number of nitrogens with zero attached hydrogens (tertiary/aromatic N) is 1. The Bertz CT molecular complexity index is 356. The first kappa shape index (κ1) is 22.9. The Balaban J connectivity index is 0.00000242. The van der Waals surface area contributed by atoms with Gasteiger partial charge in [0.1, 0.15) is 0 Å². The number of amides is 1. The summed E-state index contributed by atoms with van der Waals surface area (Å²) in [4.78, 5) is 14.6. The third-order valence-electron chi connectivity index (χ3n) is 5.09. The largest absolute Gasteiger partial charge is 0.377 e. The molecule has 0 heterocycles. The Labute approximate surface area is 152 Å². The minimum absolute atomic E-state index is 0. The van der Waals surface area contributed by atoms with Crippen LogP contribution in [-0.2, 0) is 9.53 Å². The van der Waals surface area contributed by atoms with Crippen LogP contribution < -0.4 is 11.1 Å². The van der Waals surface area contributed by atoms with Crippen LogP contribution in [0.25, 0.3) is 0 Å². The molecular formula is C16H33Cl2N3O2. The van der Waals surface area contributed by atoms with Crippen LogP contribution in [0, 0.1) is 17.8 Å². The maximum atomic E-state index is 12.4. The number of halogens is 2. The summed E-state index contributed by atoms with van der Waals surface area (Å²) in [6.07, 6.45) is 4.56. The predicted molar refractivity (Wildman–Crippen MR) is 98.4 cm³/mol. The van der Waals surface area contributed by atoms with Gasteiger partial charge in [0.05, 0.1) is 12.0 Å². The van der Waals surface area contributed by atoms with Crippen molar-refractivity contribution in [3.63, 3.8) is 0 Å². The van der Waals surface area contributed by atoms with Crippen molar-refractivity contribution >= 4 is 30.7 Å². The first-order chi connectivity index (χ1) is 10.0. The van der Waals surface area contributed by atoms with Crippen LogP contribution >= 0.6 is 24.8 Å². The number of rotatable bonds is 8. The van der Waals surface area contributed by atoms with Gasteiger partial charge in [0.25, 0.3) is 0 Å². The lowest BCUT2D eigenvalue weighted by atomic mass is 9.84. The van der Waals surface area contributed by atoms with E-state index in [-0.39, 0.29) is 48.8 Å². The van der Waals surface area contributed by atoms with Crippen LogP contribution in [0.3, 0.4) is 0 Å².